The van der Waals surface area contributed by atoms with Crippen LogP contribution < -0.4 is 5.32 Å². The van der Waals surface area contributed by atoms with E-state index in [1.807, 2.05) is 16.7 Å². The number of hydrogen-bond acceptors (Lipinski definition) is 3. The molecule has 0 aromatic heterocycles. The first-order chi connectivity index (χ1) is 7.82. The van der Waals surface area contributed by atoms with Gasteiger partial charge in [0.1, 0.15) is 0 Å². The van der Waals surface area contributed by atoms with E-state index in [4.69, 9.17) is 0 Å². The third-order valence-corrected chi connectivity index (χ3v) is 4.69. The molecule has 1 heterocycles. The van der Waals surface area contributed by atoms with Crippen molar-refractivity contribution in [3.05, 3.63) is 0 Å². The largest absolute Gasteiger partial charge is 0.324 e. The van der Waals surface area contributed by atoms with Crippen molar-refractivity contribution in [2.75, 3.05) is 12.8 Å². The Balaban J connectivity index is 2.79. The van der Waals surface area contributed by atoms with Crippen molar-refractivity contribution in [1.82, 2.24) is 10.2 Å². The molecule has 1 amide bonds. The summed E-state index contributed by atoms with van der Waals surface area (Å²) in [5.41, 5.74) is 0. The average molecular weight is 258 g/mol. The van der Waals surface area contributed by atoms with Crippen LogP contribution in [-0.4, -0.2) is 40.6 Å². The molecule has 0 bridgehead atoms. The molecular weight excluding hydrogens is 232 g/mol. The molecule has 1 N–H and O–H groups in total. The topological polar surface area (TPSA) is 32.3 Å². The summed E-state index contributed by atoms with van der Waals surface area (Å²) < 4.78 is 0.122. The first-order valence-electron chi connectivity index (χ1n) is 6.44. The number of thioether (sulfide) groups is 1. The van der Waals surface area contributed by atoms with Crippen molar-refractivity contribution in [3.63, 3.8) is 0 Å². The Hall–Kier alpha value is -0.220. The molecular formula is C13H26N2OS. The van der Waals surface area contributed by atoms with Gasteiger partial charge in [0, 0.05) is 11.3 Å². The number of nitrogens with one attached hydrogen (secondary N) is 1. The molecule has 0 aromatic rings. The van der Waals surface area contributed by atoms with E-state index in [1.165, 1.54) is 0 Å². The molecule has 1 saturated heterocycles. The van der Waals surface area contributed by atoms with Crippen LogP contribution in [0.5, 0.6) is 0 Å². The summed E-state index contributed by atoms with van der Waals surface area (Å²) in [6.45, 7) is 11.5. The molecule has 1 fully saturated rings. The quantitative estimate of drug-likeness (QED) is 0.821. The zero-order valence-electron chi connectivity index (χ0n) is 11.9. The Morgan fingerprint density at radius 3 is 2.47 bits per heavy atom. The maximum absolute atomic E-state index is 12.4. The monoisotopic (exact) mass is 258 g/mol. The third kappa shape index (κ3) is 3.38. The second-order valence-electron chi connectivity index (χ2n) is 5.74. The van der Waals surface area contributed by atoms with Gasteiger partial charge < -0.3 is 4.90 Å². The summed E-state index contributed by atoms with van der Waals surface area (Å²) in [5.74, 6) is 0.632. The number of carbonyl (C=O) groups excluding carboxylic acids is 1. The van der Waals surface area contributed by atoms with Gasteiger partial charge in [-0.05, 0) is 32.4 Å². The lowest BCUT2D eigenvalue weighted by Crippen LogP contribution is -2.44. The smallest absolute Gasteiger partial charge is 0.241 e. The second-order valence-corrected chi connectivity index (χ2v) is 7.26. The van der Waals surface area contributed by atoms with Crippen LogP contribution in [0.15, 0.2) is 0 Å². The van der Waals surface area contributed by atoms with E-state index in [0.717, 1.165) is 13.0 Å². The molecule has 3 nitrogen and oxygen atoms in total. The minimum absolute atomic E-state index is 0.00222. The molecule has 1 aliphatic rings. The van der Waals surface area contributed by atoms with Gasteiger partial charge in [0.05, 0.1) is 12.2 Å². The van der Waals surface area contributed by atoms with Crippen molar-refractivity contribution in [1.29, 1.82) is 0 Å². The molecule has 100 valence electrons. The number of hydrogen-bond donors (Lipinski definition) is 1. The van der Waals surface area contributed by atoms with Crippen LogP contribution in [0.1, 0.15) is 41.0 Å². The van der Waals surface area contributed by atoms with Crippen LogP contribution >= 0.6 is 11.8 Å². The molecule has 0 aromatic carbocycles. The lowest BCUT2D eigenvalue weighted by molar-refractivity contribution is -0.131. The van der Waals surface area contributed by atoms with Crippen LogP contribution in [0.3, 0.4) is 0 Å². The molecule has 1 rings (SSSR count). The Bertz CT molecular complexity index is 279. The fourth-order valence-corrected chi connectivity index (χ4v) is 2.45. The second kappa shape index (κ2) is 5.61. The van der Waals surface area contributed by atoms with Crippen molar-refractivity contribution in [2.45, 2.75) is 58.0 Å². The highest BCUT2D eigenvalue weighted by molar-refractivity contribution is 7.99. The van der Waals surface area contributed by atoms with Crippen molar-refractivity contribution in [3.8, 4) is 0 Å². The van der Waals surface area contributed by atoms with Gasteiger partial charge in [-0.15, -0.1) is 0 Å². The SMILES string of the molecule is CCC1NC(C(C)C)C(=O)N1CC(C)(C)SC. The van der Waals surface area contributed by atoms with Crippen LogP contribution in [0.25, 0.3) is 0 Å². The highest BCUT2D eigenvalue weighted by Gasteiger charge is 2.41. The van der Waals surface area contributed by atoms with E-state index in [-0.39, 0.29) is 22.9 Å². The van der Waals surface area contributed by atoms with E-state index in [0.29, 0.717) is 5.92 Å². The Kier molecular flexibility index (Phi) is 4.90. The molecule has 4 heteroatoms. The molecule has 1 aliphatic heterocycles. The standard InChI is InChI=1S/C13H26N2OS/c1-7-10-14-11(9(2)3)12(16)15(10)8-13(4,5)17-6/h9-11,14H,7-8H2,1-6H3. The summed E-state index contributed by atoms with van der Waals surface area (Å²) in [6.07, 6.45) is 3.29. The average Bonchev–Trinajstić information content (AvgIpc) is 2.56. The molecule has 17 heavy (non-hydrogen) atoms. The van der Waals surface area contributed by atoms with E-state index in [1.54, 1.807) is 0 Å². The minimum Gasteiger partial charge on any atom is -0.324 e. The number of carbonyl (C=O) groups is 1. The molecule has 2 unspecified atom stereocenters. The van der Waals surface area contributed by atoms with Gasteiger partial charge in [-0.1, -0.05) is 20.8 Å². The van der Waals surface area contributed by atoms with Gasteiger partial charge in [0.25, 0.3) is 0 Å². The van der Waals surface area contributed by atoms with Crippen LogP contribution in [0.2, 0.25) is 0 Å². The van der Waals surface area contributed by atoms with E-state index in [2.05, 4.69) is 46.2 Å². The normalized spacial score (nSPS) is 26.1. The maximum Gasteiger partial charge on any atom is 0.241 e. The van der Waals surface area contributed by atoms with Gasteiger partial charge in [0.15, 0.2) is 0 Å². The van der Waals surface area contributed by atoms with E-state index < -0.39 is 0 Å². The molecule has 0 spiro atoms. The molecule has 0 radical (unpaired) electrons. The summed E-state index contributed by atoms with van der Waals surface area (Å²) in [5, 5.41) is 3.45. The van der Waals surface area contributed by atoms with Crippen molar-refractivity contribution in [2.24, 2.45) is 5.92 Å². The lowest BCUT2D eigenvalue weighted by Gasteiger charge is -2.32. The van der Waals surface area contributed by atoms with Crippen LogP contribution in [0, 0.1) is 5.92 Å². The van der Waals surface area contributed by atoms with Gasteiger partial charge >= 0.3 is 0 Å². The Morgan fingerprint density at radius 2 is 2.06 bits per heavy atom. The van der Waals surface area contributed by atoms with Gasteiger partial charge in [-0.2, -0.15) is 11.8 Å². The van der Waals surface area contributed by atoms with Crippen molar-refractivity contribution < 1.29 is 4.79 Å². The predicted octanol–water partition coefficient (Wildman–Crippen LogP) is 2.32. The summed E-state index contributed by atoms with van der Waals surface area (Å²) in [4.78, 5) is 14.4. The minimum atomic E-state index is -0.00222. The predicted molar refractivity (Wildman–Crippen MR) is 75.1 cm³/mol. The number of rotatable bonds is 5. The van der Waals surface area contributed by atoms with Crippen LogP contribution in [-0.2, 0) is 4.79 Å². The molecule has 0 aliphatic carbocycles. The Labute approximate surface area is 110 Å². The zero-order valence-corrected chi connectivity index (χ0v) is 12.7. The lowest BCUT2D eigenvalue weighted by atomic mass is 10.0. The van der Waals surface area contributed by atoms with Gasteiger partial charge in [0.2, 0.25) is 5.91 Å². The van der Waals surface area contributed by atoms with Crippen LogP contribution in [0.4, 0.5) is 0 Å². The summed E-state index contributed by atoms with van der Waals surface area (Å²) in [7, 11) is 0. The summed E-state index contributed by atoms with van der Waals surface area (Å²) in [6, 6.07) is -0.00222. The van der Waals surface area contributed by atoms with Gasteiger partial charge in [-0.25, -0.2) is 0 Å². The Morgan fingerprint density at radius 1 is 1.47 bits per heavy atom. The highest BCUT2D eigenvalue weighted by atomic mass is 32.2. The maximum atomic E-state index is 12.4. The molecule has 2 atom stereocenters. The molecule has 0 saturated carbocycles. The fraction of sp³-hybridized carbons (Fsp3) is 0.923. The van der Waals surface area contributed by atoms with Crippen molar-refractivity contribution >= 4 is 17.7 Å². The first-order valence-corrected chi connectivity index (χ1v) is 7.66. The number of amides is 1. The van der Waals surface area contributed by atoms with Gasteiger partial charge in [-0.3, -0.25) is 10.1 Å². The number of nitrogens with zero attached hydrogens (tertiary/aromatic N) is 1. The zero-order chi connectivity index (χ0) is 13.2. The fourth-order valence-electron chi connectivity index (χ4n) is 2.18. The third-order valence-electron chi connectivity index (χ3n) is 3.45. The first kappa shape index (κ1) is 14.8. The highest BCUT2D eigenvalue weighted by Crippen LogP contribution is 2.27. The summed E-state index contributed by atoms with van der Waals surface area (Å²) >= 11 is 1.82. The van der Waals surface area contributed by atoms with E-state index >= 15 is 0 Å². The van der Waals surface area contributed by atoms with E-state index in [9.17, 15) is 4.79 Å².